The molecule has 1 aliphatic rings. The molecule has 3 aromatic rings. The second kappa shape index (κ2) is 8.53. The third-order valence-corrected chi connectivity index (χ3v) is 4.76. The fourth-order valence-corrected chi connectivity index (χ4v) is 3.34. The monoisotopic (exact) mass is 385 g/mol. The van der Waals surface area contributed by atoms with Crippen molar-refractivity contribution in [2.75, 3.05) is 26.3 Å². The minimum Gasteiger partial charge on any atom is -0.490 e. The third-order valence-electron chi connectivity index (χ3n) is 4.76. The number of para-hydroxylation sites is 1. The van der Waals surface area contributed by atoms with Gasteiger partial charge in [-0.15, -0.1) is 0 Å². The van der Waals surface area contributed by atoms with Crippen LogP contribution < -0.4 is 4.74 Å². The fraction of sp³-hybridized carbons (Fsp3) is 0.400. The largest absolute Gasteiger partial charge is 0.490 e. The van der Waals surface area contributed by atoms with Gasteiger partial charge in [0.1, 0.15) is 6.10 Å². The van der Waals surface area contributed by atoms with Gasteiger partial charge in [-0.3, -0.25) is 14.7 Å². The normalized spacial score (nSPS) is 17.7. The van der Waals surface area contributed by atoms with Gasteiger partial charge in [0, 0.05) is 50.6 Å². The highest BCUT2D eigenvalue weighted by atomic mass is 19.1. The molecular weight excluding hydrogens is 361 g/mol. The molecule has 0 amide bonds. The van der Waals surface area contributed by atoms with E-state index in [0.29, 0.717) is 19.6 Å². The van der Waals surface area contributed by atoms with E-state index in [-0.39, 0.29) is 17.7 Å². The van der Waals surface area contributed by atoms with Crippen molar-refractivity contribution in [2.24, 2.45) is 7.05 Å². The van der Waals surface area contributed by atoms with Crippen LogP contribution in [-0.2, 0) is 24.8 Å². The summed E-state index contributed by atoms with van der Waals surface area (Å²) in [5.74, 6) is -0.0824. The van der Waals surface area contributed by atoms with Crippen molar-refractivity contribution in [3.63, 3.8) is 0 Å². The van der Waals surface area contributed by atoms with Crippen LogP contribution in [-0.4, -0.2) is 51.2 Å². The van der Waals surface area contributed by atoms with Crippen LogP contribution >= 0.6 is 0 Å². The maximum absolute atomic E-state index is 13.6. The summed E-state index contributed by atoms with van der Waals surface area (Å²) in [5.41, 5.74) is 3.02. The SMILES string of the molecule is Cn1cc(CN2CCO[C@@H](c3cc(CCOc4ccccc4F)[nH]n3)C2)cn1. The van der Waals surface area contributed by atoms with Crippen molar-refractivity contribution in [3.8, 4) is 5.75 Å². The van der Waals surface area contributed by atoms with Gasteiger partial charge in [-0.1, -0.05) is 12.1 Å². The number of halogens is 1. The standard InChI is InChI=1S/C20H24FN5O2/c1-25-12-15(11-22-25)13-26-7-9-28-20(14-26)18-10-16(23-24-18)6-8-27-19-5-3-2-4-17(19)21/h2-5,10-12,20H,6-9,13-14H2,1H3,(H,23,24)/t20-/m1/s1. The Labute approximate surface area is 163 Å². The lowest BCUT2D eigenvalue weighted by atomic mass is 10.1. The molecule has 0 unspecified atom stereocenters. The van der Waals surface area contributed by atoms with Crippen LogP contribution in [0.3, 0.4) is 0 Å². The quantitative estimate of drug-likeness (QED) is 0.677. The smallest absolute Gasteiger partial charge is 0.165 e. The van der Waals surface area contributed by atoms with Gasteiger partial charge in [-0.25, -0.2) is 4.39 Å². The van der Waals surface area contributed by atoms with Crippen LogP contribution in [0.2, 0.25) is 0 Å². The van der Waals surface area contributed by atoms with E-state index >= 15 is 0 Å². The molecule has 1 saturated heterocycles. The first-order valence-electron chi connectivity index (χ1n) is 9.40. The molecule has 1 N–H and O–H groups in total. The number of aromatic nitrogens is 4. The summed E-state index contributed by atoms with van der Waals surface area (Å²) in [6, 6.07) is 8.42. The second-order valence-electron chi connectivity index (χ2n) is 6.96. The van der Waals surface area contributed by atoms with Gasteiger partial charge in [0.15, 0.2) is 11.6 Å². The Hall–Kier alpha value is -2.71. The number of aryl methyl sites for hydroxylation is 1. The average molecular weight is 385 g/mol. The third kappa shape index (κ3) is 4.58. The number of aromatic amines is 1. The molecule has 3 heterocycles. The van der Waals surface area contributed by atoms with Gasteiger partial charge < -0.3 is 9.47 Å². The van der Waals surface area contributed by atoms with Gasteiger partial charge in [-0.05, 0) is 18.2 Å². The zero-order chi connectivity index (χ0) is 19.3. The minimum atomic E-state index is -0.350. The summed E-state index contributed by atoms with van der Waals surface area (Å²) in [7, 11) is 1.92. The molecule has 148 valence electrons. The molecule has 0 aliphatic carbocycles. The summed E-state index contributed by atoms with van der Waals surface area (Å²) in [5, 5.41) is 11.7. The van der Waals surface area contributed by atoms with E-state index in [1.54, 1.807) is 18.2 Å². The van der Waals surface area contributed by atoms with E-state index < -0.39 is 0 Å². The number of morpholine rings is 1. The zero-order valence-electron chi connectivity index (χ0n) is 15.8. The molecule has 0 spiro atoms. The molecular formula is C20H24FN5O2. The van der Waals surface area contributed by atoms with E-state index in [2.05, 4.69) is 20.2 Å². The predicted octanol–water partition coefficient (Wildman–Crippen LogP) is 2.48. The van der Waals surface area contributed by atoms with Crippen molar-refractivity contribution in [1.82, 2.24) is 24.9 Å². The number of H-pyrrole nitrogens is 1. The first-order chi connectivity index (χ1) is 13.7. The van der Waals surface area contributed by atoms with E-state index in [0.717, 1.165) is 31.0 Å². The maximum atomic E-state index is 13.6. The van der Waals surface area contributed by atoms with Gasteiger partial charge >= 0.3 is 0 Å². The van der Waals surface area contributed by atoms with Crippen molar-refractivity contribution in [2.45, 2.75) is 19.1 Å². The number of rotatable bonds is 7. The number of benzene rings is 1. The van der Waals surface area contributed by atoms with Gasteiger partial charge in [0.2, 0.25) is 0 Å². The van der Waals surface area contributed by atoms with E-state index in [9.17, 15) is 4.39 Å². The molecule has 1 aromatic carbocycles. The highest BCUT2D eigenvalue weighted by Gasteiger charge is 2.24. The van der Waals surface area contributed by atoms with Gasteiger partial charge in [-0.2, -0.15) is 10.2 Å². The van der Waals surface area contributed by atoms with Crippen LogP contribution in [0.25, 0.3) is 0 Å². The molecule has 2 aromatic heterocycles. The Bertz CT molecular complexity index is 909. The topological polar surface area (TPSA) is 68.2 Å². The highest BCUT2D eigenvalue weighted by Crippen LogP contribution is 2.23. The van der Waals surface area contributed by atoms with Gasteiger partial charge in [0.25, 0.3) is 0 Å². The van der Waals surface area contributed by atoms with E-state index in [1.807, 2.05) is 30.2 Å². The van der Waals surface area contributed by atoms with Crippen LogP contribution in [0.1, 0.15) is 23.1 Å². The Morgan fingerprint density at radius 3 is 3.07 bits per heavy atom. The van der Waals surface area contributed by atoms with Crippen molar-refractivity contribution in [1.29, 1.82) is 0 Å². The molecule has 0 radical (unpaired) electrons. The number of hydrogen-bond donors (Lipinski definition) is 1. The summed E-state index contributed by atoms with van der Waals surface area (Å²) < 4.78 is 26.8. The summed E-state index contributed by atoms with van der Waals surface area (Å²) in [6.45, 7) is 3.57. The summed E-state index contributed by atoms with van der Waals surface area (Å²) in [4.78, 5) is 2.35. The van der Waals surface area contributed by atoms with Crippen LogP contribution in [0.5, 0.6) is 5.75 Å². The molecule has 1 fully saturated rings. The molecule has 8 heteroatoms. The fourth-order valence-electron chi connectivity index (χ4n) is 3.34. The molecule has 0 saturated carbocycles. The van der Waals surface area contributed by atoms with Gasteiger partial charge in [0.05, 0.1) is 25.1 Å². The zero-order valence-corrected chi connectivity index (χ0v) is 15.8. The Kier molecular flexibility index (Phi) is 5.68. The van der Waals surface area contributed by atoms with Crippen LogP contribution in [0, 0.1) is 5.82 Å². The first-order valence-corrected chi connectivity index (χ1v) is 9.40. The van der Waals surface area contributed by atoms with Crippen LogP contribution in [0.15, 0.2) is 42.7 Å². The highest BCUT2D eigenvalue weighted by molar-refractivity contribution is 5.23. The number of hydrogen-bond acceptors (Lipinski definition) is 5. The Balaban J connectivity index is 1.30. The Morgan fingerprint density at radius 1 is 1.36 bits per heavy atom. The lowest BCUT2D eigenvalue weighted by molar-refractivity contribution is -0.0350. The molecule has 4 rings (SSSR count). The van der Waals surface area contributed by atoms with Crippen molar-refractivity contribution in [3.05, 3.63) is 65.5 Å². The van der Waals surface area contributed by atoms with E-state index in [4.69, 9.17) is 9.47 Å². The van der Waals surface area contributed by atoms with Crippen molar-refractivity contribution < 1.29 is 13.9 Å². The number of nitrogens with zero attached hydrogens (tertiary/aromatic N) is 4. The predicted molar refractivity (Wildman–Crippen MR) is 101 cm³/mol. The molecule has 28 heavy (non-hydrogen) atoms. The minimum absolute atomic E-state index is 0.0668. The maximum Gasteiger partial charge on any atom is 0.165 e. The average Bonchev–Trinajstić information content (AvgIpc) is 3.33. The summed E-state index contributed by atoms with van der Waals surface area (Å²) in [6.07, 6.45) is 4.48. The van der Waals surface area contributed by atoms with E-state index in [1.165, 1.54) is 11.6 Å². The molecule has 0 bridgehead atoms. The first kappa shape index (κ1) is 18.6. The lowest BCUT2D eigenvalue weighted by Crippen LogP contribution is -2.37. The lowest BCUT2D eigenvalue weighted by Gasteiger charge is -2.31. The van der Waals surface area contributed by atoms with Crippen molar-refractivity contribution >= 4 is 0 Å². The second-order valence-corrected chi connectivity index (χ2v) is 6.96. The number of nitrogens with one attached hydrogen (secondary N) is 1. The summed E-state index contributed by atoms with van der Waals surface area (Å²) >= 11 is 0. The Morgan fingerprint density at radius 2 is 2.25 bits per heavy atom. The van der Waals surface area contributed by atoms with Crippen LogP contribution in [0.4, 0.5) is 4.39 Å². The molecule has 7 nitrogen and oxygen atoms in total. The molecule has 1 aliphatic heterocycles. The number of ether oxygens (including phenoxy) is 2. The molecule has 1 atom stereocenters.